The Morgan fingerprint density at radius 1 is 0.276 bits per heavy atom. The summed E-state index contributed by atoms with van der Waals surface area (Å²) in [6.45, 7) is 30.0. The molecule has 15 aromatic rings. The summed E-state index contributed by atoms with van der Waals surface area (Å²) in [5, 5.41) is 9.54. The lowest BCUT2D eigenvalue weighted by Gasteiger charge is -2.31. The van der Waals surface area contributed by atoms with Gasteiger partial charge < -0.3 is 18.3 Å². The Bertz CT molecular complexity index is 5320. The van der Waals surface area contributed by atoms with Crippen molar-refractivity contribution in [2.24, 2.45) is 0 Å². The van der Waals surface area contributed by atoms with Crippen LogP contribution in [0.4, 0.5) is 0 Å². The van der Waals surface area contributed by atoms with Gasteiger partial charge in [0.2, 0.25) is 0 Å². The van der Waals surface area contributed by atoms with Gasteiger partial charge >= 0.3 is 0 Å². The first-order valence-electron chi connectivity index (χ1n) is 30.9. The quantitative estimate of drug-likeness (QED) is 0.167. The topological polar surface area (TPSA) is 45.5 Å². The number of pyridine rings is 2. The third-order valence-corrected chi connectivity index (χ3v) is 18.6. The van der Waals surface area contributed by atoms with E-state index in [2.05, 4.69) is 308 Å². The summed E-state index contributed by atoms with van der Waals surface area (Å²) in [6, 6.07) is 76.2. The van der Waals surface area contributed by atoms with Crippen LogP contribution in [-0.2, 0) is 21.7 Å². The number of para-hydroxylation sites is 4. The number of hydrogen-bond donors (Lipinski definition) is 0. The average Bonchev–Trinajstić information content (AvgIpc) is 1.62. The summed E-state index contributed by atoms with van der Waals surface area (Å²) < 4.78 is 10.5. The molecular formula is C81H74N6. The molecule has 0 fully saturated rings. The Labute approximate surface area is 510 Å². The summed E-state index contributed by atoms with van der Waals surface area (Å²) in [7, 11) is 0. The molecule has 6 nitrogen and oxygen atoms in total. The summed E-state index contributed by atoms with van der Waals surface area (Å²) in [5.74, 6) is 0. The Hall–Kier alpha value is -9.52. The summed E-state index contributed by atoms with van der Waals surface area (Å²) >= 11 is 0. The highest BCUT2D eigenvalue weighted by atomic mass is 15.1. The molecule has 0 atom stereocenters. The predicted octanol–water partition coefficient (Wildman–Crippen LogP) is 21.7. The van der Waals surface area contributed by atoms with E-state index in [0.717, 1.165) is 95.0 Å². The Kier molecular flexibility index (Phi) is 12.0. The monoisotopic (exact) mass is 1130 g/mol. The molecule has 6 heterocycles. The molecule has 0 saturated heterocycles. The molecular weight excluding hydrogens is 1060 g/mol. The van der Waals surface area contributed by atoms with Crippen LogP contribution in [0.5, 0.6) is 0 Å². The SMILES string of the molecule is Cc1cccc(-c2c(-n3c4ccccc4c4cc(C(C)(C)C)ccc43)c(-c3ccncc3)c(-n3c4ccccc4c4cc(C(C)(C)C)ccc43)c(-n3c4ccccc4c4cc(C(C)(C)C)ccc43)c2-n2c3ccccc3c3cc(C(C)(C)C)ccc32)n1. The van der Waals surface area contributed by atoms with E-state index < -0.39 is 0 Å². The van der Waals surface area contributed by atoms with Crippen LogP contribution >= 0.6 is 0 Å². The fraction of sp³-hybridized carbons (Fsp3) is 0.210. The second-order valence-electron chi connectivity index (χ2n) is 28.4. The highest BCUT2D eigenvalue weighted by molar-refractivity contribution is 6.18. The molecule has 0 N–H and O–H groups in total. The van der Waals surface area contributed by atoms with E-state index in [4.69, 9.17) is 9.97 Å². The minimum absolute atomic E-state index is 0.0963. The van der Waals surface area contributed by atoms with Crippen LogP contribution in [0.25, 0.3) is 132 Å². The predicted molar refractivity (Wildman–Crippen MR) is 370 cm³/mol. The average molecular weight is 1130 g/mol. The number of hydrogen-bond acceptors (Lipinski definition) is 2. The molecule has 428 valence electrons. The third kappa shape index (κ3) is 8.42. The fourth-order valence-corrected chi connectivity index (χ4v) is 14.0. The van der Waals surface area contributed by atoms with E-state index >= 15 is 0 Å². The van der Waals surface area contributed by atoms with Crippen molar-refractivity contribution >= 4 is 87.2 Å². The zero-order valence-electron chi connectivity index (χ0n) is 52.4. The van der Waals surface area contributed by atoms with Gasteiger partial charge in [0.15, 0.2) is 0 Å². The first-order valence-corrected chi connectivity index (χ1v) is 30.9. The van der Waals surface area contributed by atoms with Gasteiger partial charge in [-0.25, -0.2) is 0 Å². The number of rotatable bonds is 6. The molecule has 0 amide bonds. The van der Waals surface area contributed by atoms with Crippen LogP contribution in [0.3, 0.4) is 0 Å². The van der Waals surface area contributed by atoms with E-state index in [1.807, 2.05) is 12.4 Å². The second kappa shape index (κ2) is 19.2. The first kappa shape index (κ1) is 54.2. The van der Waals surface area contributed by atoms with Crippen LogP contribution < -0.4 is 0 Å². The Balaban J connectivity index is 1.33. The van der Waals surface area contributed by atoms with Crippen LogP contribution in [0.2, 0.25) is 0 Å². The van der Waals surface area contributed by atoms with Crippen molar-refractivity contribution < 1.29 is 0 Å². The van der Waals surface area contributed by atoms with Crippen molar-refractivity contribution in [2.75, 3.05) is 0 Å². The van der Waals surface area contributed by atoms with Crippen LogP contribution in [0.15, 0.2) is 213 Å². The molecule has 6 aromatic heterocycles. The van der Waals surface area contributed by atoms with Crippen molar-refractivity contribution in [3.8, 4) is 45.1 Å². The molecule has 0 aliphatic heterocycles. The number of benzene rings is 9. The van der Waals surface area contributed by atoms with E-state index in [-0.39, 0.29) is 21.7 Å². The fourth-order valence-electron chi connectivity index (χ4n) is 14.0. The summed E-state index contributed by atoms with van der Waals surface area (Å²) in [5.41, 5.74) is 22.6. The standard InChI is InChI=1S/C81H74N6/c1-49-23-22-28-63(83-49)73-74(84-64-29-18-14-24-55(64)59-45-51(78(2,3)4)33-37-68(59)84)72(50-41-43-82-44-42-50)75(85-65-30-19-15-25-56(65)60-46-52(79(5,6)7)34-38-69(60)85)77(87-67-32-21-17-27-58(67)62-48-54(81(11,12)13)36-40-71(62)87)76(73)86-66-31-20-16-26-57(66)61-47-53(80(8,9)10)35-39-70(61)86/h14-48H,1-13H3. The maximum absolute atomic E-state index is 5.79. The zero-order chi connectivity index (χ0) is 60.2. The van der Waals surface area contributed by atoms with Crippen molar-refractivity contribution in [2.45, 2.75) is 112 Å². The number of nitrogens with zero attached hydrogens (tertiary/aromatic N) is 6. The van der Waals surface area contributed by atoms with Gasteiger partial charge in [-0.15, -0.1) is 0 Å². The molecule has 0 saturated carbocycles. The minimum Gasteiger partial charge on any atom is -0.308 e. The molecule has 87 heavy (non-hydrogen) atoms. The van der Waals surface area contributed by atoms with Crippen molar-refractivity contribution in [1.29, 1.82) is 0 Å². The lowest BCUT2D eigenvalue weighted by atomic mass is 9.86. The molecule has 0 bridgehead atoms. The lowest BCUT2D eigenvalue weighted by molar-refractivity contribution is 0.591. The number of aromatic nitrogens is 6. The van der Waals surface area contributed by atoms with Crippen molar-refractivity contribution in [3.05, 3.63) is 241 Å². The van der Waals surface area contributed by atoms with Gasteiger partial charge in [0, 0.05) is 66.7 Å². The van der Waals surface area contributed by atoms with Gasteiger partial charge in [-0.05, 0) is 153 Å². The highest BCUT2D eigenvalue weighted by Crippen LogP contribution is 2.55. The van der Waals surface area contributed by atoms with Crippen LogP contribution in [0, 0.1) is 6.92 Å². The van der Waals surface area contributed by atoms with Gasteiger partial charge in [0.05, 0.1) is 78.1 Å². The largest absolute Gasteiger partial charge is 0.308 e. The van der Waals surface area contributed by atoms with E-state index in [9.17, 15) is 0 Å². The lowest BCUT2D eigenvalue weighted by Crippen LogP contribution is -2.17. The minimum atomic E-state index is -0.104. The Morgan fingerprint density at radius 2 is 0.586 bits per heavy atom. The molecule has 15 rings (SSSR count). The third-order valence-electron chi connectivity index (χ3n) is 18.6. The molecule has 0 spiro atoms. The normalized spacial score (nSPS) is 12.9. The maximum atomic E-state index is 5.79. The van der Waals surface area contributed by atoms with Gasteiger partial charge in [0.25, 0.3) is 0 Å². The van der Waals surface area contributed by atoms with Gasteiger partial charge in [-0.2, -0.15) is 0 Å². The number of fused-ring (bicyclic) bond motifs is 12. The van der Waals surface area contributed by atoms with Crippen LogP contribution in [-0.4, -0.2) is 28.2 Å². The summed E-state index contributed by atoms with van der Waals surface area (Å²) in [6.07, 6.45) is 3.94. The molecule has 0 radical (unpaired) electrons. The van der Waals surface area contributed by atoms with Crippen LogP contribution in [0.1, 0.15) is 111 Å². The van der Waals surface area contributed by atoms with Gasteiger partial charge in [-0.1, -0.05) is 186 Å². The Morgan fingerprint density at radius 3 is 0.931 bits per heavy atom. The van der Waals surface area contributed by atoms with E-state index in [0.29, 0.717) is 0 Å². The van der Waals surface area contributed by atoms with E-state index in [1.54, 1.807) is 0 Å². The van der Waals surface area contributed by atoms with Crippen molar-refractivity contribution in [3.63, 3.8) is 0 Å². The highest BCUT2D eigenvalue weighted by Gasteiger charge is 2.37. The van der Waals surface area contributed by atoms with E-state index in [1.165, 1.54) is 65.3 Å². The second-order valence-corrected chi connectivity index (χ2v) is 28.4. The summed E-state index contributed by atoms with van der Waals surface area (Å²) in [4.78, 5) is 10.6. The maximum Gasteiger partial charge on any atom is 0.0962 e. The number of aryl methyl sites for hydroxylation is 1. The molecule has 0 aliphatic carbocycles. The van der Waals surface area contributed by atoms with Gasteiger partial charge in [-0.3, -0.25) is 9.97 Å². The van der Waals surface area contributed by atoms with Gasteiger partial charge in [0.1, 0.15) is 0 Å². The molecule has 0 aliphatic rings. The zero-order valence-corrected chi connectivity index (χ0v) is 52.4. The smallest absolute Gasteiger partial charge is 0.0962 e. The van der Waals surface area contributed by atoms with Crippen molar-refractivity contribution in [1.82, 2.24) is 28.2 Å². The molecule has 6 heteroatoms. The first-order chi connectivity index (χ1) is 41.6. The molecule has 9 aromatic carbocycles. The molecule has 0 unspecified atom stereocenters.